The van der Waals surface area contributed by atoms with E-state index in [1.54, 1.807) is 6.07 Å². The molecule has 0 heterocycles. The summed E-state index contributed by atoms with van der Waals surface area (Å²) in [6, 6.07) is 9.77. The molecule has 0 amide bonds. The van der Waals surface area contributed by atoms with Gasteiger partial charge in [0.15, 0.2) is 11.6 Å². The van der Waals surface area contributed by atoms with Gasteiger partial charge in [-0.15, -0.1) is 0 Å². The number of benzene rings is 2. The third-order valence-electron chi connectivity index (χ3n) is 2.64. The number of halogens is 3. The fraction of sp³-hybridized carbons (Fsp3) is 0.143. The second kappa shape index (κ2) is 5.48. The van der Waals surface area contributed by atoms with E-state index in [4.69, 9.17) is 0 Å². The molecule has 0 spiro atoms. The van der Waals surface area contributed by atoms with Crippen molar-refractivity contribution >= 4 is 21.6 Å². The number of nitrogens with one attached hydrogen (secondary N) is 1. The van der Waals surface area contributed by atoms with Gasteiger partial charge in [0.1, 0.15) is 0 Å². The molecule has 0 aliphatic rings. The Morgan fingerprint density at radius 3 is 2.50 bits per heavy atom. The highest BCUT2D eigenvalue weighted by Gasteiger charge is 2.02. The van der Waals surface area contributed by atoms with Gasteiger partial charge in [-0.1, -0.05) is 22.0 Å². The van der Waals surface area contributed by atoms with Crippen LogP contribution in [0.2, 0.25) is 0 Å². The monoisotopic (exact) mass is 311 g/mol. The standard InChI is InChI=1S/C14H12BrF2N/c1-9-6-11(3-4-12(9)15)18-8-10-2-5-13(16)14(17)7-10/h2-7,18H,8H2,1H3. The van der Waals surface area contributed by atoms with Crippen LogP contribution in [0.3, 0.4) is 0 Å². The average Bonchev–Trinajstić information content (AvgIpc) is 2.35. The molecule has 0 aliphatic heterocycles. The Hall–Kier alpha value is -1.42. The first kappa shape index (κ1) is 13.0. The molecular formula is C14H12BrF2N. The van der Waals surface area contributed by atoms with Crippen LogP contribution < -0.4 is 5.32 Å². The minimum Gasteiger partial charge on any atom is -0.381 e. The summed E-state index contributed by atoms with van der Waals surface area (Å²) in [4.78, 5) is 0. The van der Waals surface area contributed by atoms with Gasteiger partial charge in [-0.05, 0) is 48.4 Å². The fourth-order valence-corrected chi connectivity index (χ4v) is 1.85. The number of hydrogen-bond acceptors (Lipinski definition) is 1. The molecule has 2 aromatic carbocycles. The smallest absolute Gasteiger partial charge is 0.159 e. The van der Waals surface area contributed by atoms with Gasteiger partial charge in [-0.3, -0.25) is 0 Å². The topological polar surface area (TPSA) is 12.0 Å². The second-order valence-corrected chi connectivity index (χ2v) is 4.92. The van der Waals surface area contributed by atoms with Gasteiger partial charge in [0.2, 0.25) is 0 Å². The number of aryl methyl sites for hydroxylation is 1. The van der Waals surface area contributed by atoms with Crippen LogP contribution in [-0.2, 0) is 6.54 Å². The van der Waals surface area contributed by atoms with E-state index in [9.17, 15) is 8.78 Å². The van der Waals surface area contributed by atoms with Crippen LogP contribution in [0.5, 0.6) is 0 Å². The van der Waals surface area contributed by atoms with E-state index in [0.29, 0.717) is 12.1 Å². The minimum atomic E-state index is -0.821. The molecule has 0 bridgehead atoms. The zero-order valence-electron chi connectivity index (χ0n) is 9.81. The van der Waals surface area contributed by atoms with Crippen LogP contribution in [-0.4, -0.2) is 0 Å². The third-order valence-corrected chi connectivity index (χ3v) is 3.53. The molecule has 0 radical (unpaired) electrons. The van der Waals surface area contributed by atoms with E-state index in [-0.39, 0.29) is 0 Å². The van der Waals surface area contributed by atoms with Gasteiger partial charge in [0, 0.05) is 16.7 Å². The molecule has 0 atom stereocenters. The van der Waals surface area contributed by atoms with E-state index in [1.165, 1.54) is 6.07 Å². The number of rotatable bonds is 3. The summed E-state index contributed by atoms with van der Waals surface area (Å²) >= 11 is 3.42. The Kier molecular flexibility index (Phi) is 3.97. The van der Waals surface area contributed by atoms with Gasteiger partial charge in [0.05, 0.1) is 0 Å². The largest absolute Gasteiger partial charge is 0.381 e. The molecule has 0 aliphatic carbocycles. The molecule has 1 N–H and O–H groups in total. The van der Waals surface area contributed by atoms with Crippen molar-refractivity contribution in [2.45, 2.75) is 13.5 Å². The highest BCUT2D eigenvalue weighted by atomic mass is 79.9. The Morgan fingerprint density at radius 1 is 1.06 bits per heavy atom. The summed E-state index contributed by atoms with van der Waals surface area (Å²) in [6.07, 6.45) is 0. The third kappa shape index (κ3) is 3.07. The van der Waals surface area contributed by atoms with Gasteiger partial charge >= 0.3 is 0 Å². The molecule has 0 saturated carbocycles. The Balaban J connectivity index is 2.06. The van der Waals surface area contributed by atoms with Gasteiger partial charge < -0.3 is 5.32 Å². The second-order valence-electron chi connectivity index (χ2n) is 4.07. The maximum Gasteiger partial charge on any atom is 0.159 e. The highest BCUT2D eigenvalue weighted by molar-refractivity contribution is 9.10. The first-order valence-corrected chi connectivity index (χ1v) is 6.29. The van der Waals surface area contributed by atoms with Gasteiger partial charge in [-0.25, -0.2) is 8.78 Å². The van der Waals surface area contributed by atoms with Crippen LogP contribution in [0.15, 0.2) is 40.9 Å². The predicted octanol–water partition coefficient (Wildman–Crippen LogP) is 4.65. The van der Waals surface area contributed by atoms with Crippen LogP contribution >= 0.6 is 15.9 Å². The summed E-state index contributed by atoms with van der Waals surface area (Å²) < 4.78 is 26.8. The summed E-state index contributed by atoms with van der Waals surface area (Å²) in [6.45, 7) is 2.45. The summed E-state index contributed by atoms with van der Waals surface area (Å²) in [7, 11) is 0. The Labute approximate surface area is 113 Å². The Morgan fingerprint density at radius 2 is 1.83 bits per heavy atom. The zero-order valence-corrected chi connectivity index (χ0v) is 11.4. The van der Waals surface area contributed by atoms with Crippen LogP contribution in [0.4, 0.5) is 14.5 Å². The molecule has 4 heteroatoms. The van der Waals surface area contributed by atoms with Crippen molar-refractivity contribution in [3.8, 4) is 0 Å². The first-order chi connectivity index (χ1) is 8.56. The van der Waals surface area contributed by atoms with Crippen LogP contribution in [0.1, 0.15) is 11.1 Å². The molecule has 1 nitrogen and oxygen atoms in total. The number of hydrogen-bond donors (Lipinski definition) is 1. The molecule has 2 rings (SSSR count). The molecule has 0 saturated heterocycles. The van der Waals surface area contributed by atoms with Crippen molar-refractivity contribution in [3.05, 3.63) is 63.6 Å². The minimum absolute atomic E-state index is 0.457. The van der Waals surface area contributed by atoms with Gasteiger partial charge in [-0.2, -0.15) is 0 Å². The molecule has 18 heavy (non-hydrogen) atoms. The summed E-state index contributed by atoms with van der Waals surface area (Å²) in [5.41, 5.74) is 2.76. The van der Waals surface area contributed by atoms with Crippen molar-refractivity contribution in [2.75, 3.05) is 5.32 Å². The lowest BCUT2D eigenvalue weighted by molar-refractivity contribution is 0.507. The lowest BCUT2D eigenvalue weighted by Crippen LogP contribution is -2.00. The summed E-state index contributed by atoms with van der Waals surface area (Å²) in [5.74, 6) is -1.64. The molecule has 0 fully saturated rings. The molecule has 94 valence electrons. The predicted molar refractivity (Wildman–Crippen MR) is 72.6 cm³/mol. The SMILES string of the molecule is Cc1cc(NCc2ccc(F)c(F)c2)ccc1Br. The maximum absolute atomic E-state index is 13.0. The fourth-order valence-electron chi connectivity index (χ4n) is 1.61. The van der Waals surface area contributed by atoms with E-state index in [0.717, 1.165) is 21.8 Å². The molecule has 0 unspecified atom stereocenters. The quantitative estimate of drug-likeness (QED) is 0.870. The lowest BCUT2D eigenvalue weighted by atomic mass is 10.2. The van der Waals surface area contributed by atoms with Crippen molar-refractivity contribution < 1.29 is 8.78 Å². The van der Waals surface area contributed by atoms with Crippen LogP contribution in [0, 0.1) is 18.6 Å². The van der Waals surface area contributed by atoms with E-state index in [1.807, 2.05) is 25.1 Å². The van der Waals surface area contributed by atoms with Crippen LogP contribution in [0.25, 0.3) is 0 Å². The first-order valence-electron chi connectivity index (χ1n) is 5.50. The molecule has 0 aromatic heterocycles. The van der Waals surface area contributed by atoms with E-state index < -0.39 is 11.6 Å². The average molecular weight is 312 g/mol. The highest BCUT2D eigenvalue weighted by Crippen LogP contribution is 2.20. The van der Waals surface area contributed by atoms with E-state index >= 15 is 0 Å². The molecular weight excluding hydrogens is 300 g/mol. The number of anilines is 1. The van der Waals surface area contributed by atoms with Crippen molar-refractivity contribution in [3.63, 3.8) is 0 Å². The zero-order chi connectivity index (χ0) is 13.1. The normalized spacial score (nSPS) is 10.4. The summed E-state index contributed by atoms with van der Waals surface area (Å²) in [5, 5.41) is 3.17. The van der Waals surface area contributed by atoms with E-state index in [2.05, 4.69) is 21.2 Å². The lowest BCUT2D eigenvalue weighted by Gasteiger charge is -2.08. The Bertz CT molecular complexity index is 518. The van der Waals surface area contributed by atoms with Crippen molar-refractivity contribution in [1.29, 1.82) is 0 Å². The maximum atomic E-state index is 13.0. The van der Waals surface area contributed by atoms with Crippen molar-refractivity contribution in [1.82, 2.24) is 0 Å². The van der Waals surface area contributed by atoms with Gasteiger partial charge in [0.25, 0.3) is 0 Å². The van der Waals surface area contributed by atoms with Crippen molar-refractivity contribution in [2.24, 2.45) is 0 Å². The molecule has 2 aromatic rings.